The number of halogens is 1. The first-order chi connectivity index (χ1) is 6.77. The standard InChI is InChI=1S/C7H5BrN4OS/c8-6-2-9-4-12(7(6)13)3-5-1-10-14-11-5/h1-2,4H,3H2. The van der Waals surface area contributed by atoms with Gasteiger partial charge >= 0.3 is 0 Å². The molecule has 0 radical (unpaired) electrons. The Morgan fingerprint density at radius 1 is 1.50 bits per heavy atom. The summed E-state index contributed by atoms with van der Waals surface area (Å²) in [6, 6.07) is 0. The zero-order valence-corrected chi connectivity index (χ0v) is 9.32. The lowest BCUT2D eigenvalue weighted by Crippen LogP contribution is -2.21. The van der Waals surface area contributed by atoms with Crippen LogP contribution in [0, 0.1) is 0 Å². The lowest BCUT2D eigenvalue weighted by atomic mass is 10.4. The molecule has 0 aliphatic rings. The summed E-state index contributed by atoms with van der Waals surface area (Å²) in [7, 11) is 0. The molecule has 0 aromatic carbocycles. The van der Waals surface area contributed by atoms with E-state index in [1.165, 1.54) is 17.1 Å². The second-order valence-corrected chi connectivity index (χ2v) is 3.98. The average Bonchev–Trinajstić information content (AvgIpc) is 2.66. The van der Waals surface area contributed by atoms with Crippen molar-refractivity contribution < 1.29 is 0 Å². The van der Waals surface area contributed by atoms with Crippen molar-refractivity contribution >= 4 is 27.7 Å². The molecule has 2 aromatic heterocycles. The fourth-order valence-corrected chi connectivity index (χ4v) is 1.74. The van der Waals surface area contributed by atoms with E-state index in [2.05, 4.69) is 29.7 Å². The van der Waals surface area contributed by atoms with Crippen molar-refractivity contribution in [2.75, 3.05) is 0 Å². The molecule has 0 amide bonds. The Labute approximate surface area is 91.9 Å². The highest BCUT2D eigenvalue weighted by Gasteiger charge is 2.03. The van der Waals surface area contributed by atoms with E-state index in [9.17, 15) is 4.79 Å². The fourth-order valence-electron chi connectivity index (χ4n) is 0.965. The van der Waals surface area contributed by atoms with Crippen molar-refractivity contribution in [1.82, 2.24) is 18.3 Å². The van der Waals surface area contributed by atoms with E-state index in [0.29, 0.717) is 11.0 Å². The molecule has 72 valence electrons. The summed E-state index contributed by atoms with van der Waals surface area (Å²) in [6.45, 7) is 0.405. The molecule has 5 nitrogen and oxygen atoms in total. The highest BCUT2D eigenvalue weighted by atomic mass is 79.9. The predicted octanol–water partition coefficient (Wildman–Crippen LogP) is 0.906. The van der Waals surface area contributed by atoms with Crippen LogP contribution in [0.25, 0.3) is 0 Å². The summed E-state index contributed by atoms with van der Waals surface area (Å²) in [4.78, 5) is 15.4. The van der Waals surface area contributed by atoms with Crippen LogP contribution in [0.3, 0.4) is 0 Å². The lowest BCUT2D eigenvalue weighted by Gasteiger charge is -2.01. The van der Waals surface area contributed by atoms with Gasteiger partial charge in [0.2, 0.25) is 0 Å². The highest BCUT2D eigenvalue weighted by Crippen LogP contribution is 2.01. The molecular weight excluding hydrogens is 268 g/mol. The third-order valence-electron chi connectivity index (χ3n) is 1.60. The molecule has 7 heteroatoms. The molecule has 0 fully saturated rings. The minimum Gasteiger partial charge on any atom is -0.292 e. The van der Waals surface area contributed by atoms with Crippen LogP contribution >= 0.6 is 27.7 Å². The second-order valence-electron chi connectivity index (χ2n) is 2.57. The fraction of sp³-hybridized carbons (Fsp3) is 0.143. The molecule has 0 atom stereocenters. The Morgan fingerprint density at radius 3 is 3.07 bits per heavy atom. The Hall–Kier alpha value is -1.08. The molecule has 0 aliphatic carbocycles. The van der Waals surface area contributed by atoms with Crippen LogP contribution in [0.2, 0.25) is 0 Å². The van der Waals surface area contributed by atoms with Gasteiger partial charge in [0.25, 0.3) is 5.56 Å². The predicted molar refractivity (Wildman–Crippen MR) is 55.2 cm³/mol. The zero-order chi connectivity index (χ0) is 9.97. The summed E-state index contributed by atoms with van der Waals surface area (Å²) >= 11 is 4.24. The number of hydrogen-bond donors (Lipinski definition) is 0. The van der Waals surface area contributed by atoms with E-state index in [1.807, 2.05) is 0 Å². The number of hydrogen-bond acceptors (Lipinski definition) is 5. The number of nitrogens with zero attached hydrogens (tertiary/aromatic N) is 4. The molecule has 0 unspecified atom stereocenters. The molecule has 2 heterocycles. The molecule has 0 saturated heterocycles. The van der Waals surface area contributed by atoms with Crippen LogP contribution in [0.4, 0.5) is 0 Å². The SMILES string of the molecule is O=c1c(Br)cncn1Cc1cnsn1. The van der Waals surface area contributed by atoms with Gasteiger partial charge in [-0.2, -0.15) is 8.75 Å². The Bertz CT molecular complexity index is 481. The number of rotatable bonds is 2. The van der Waals surface area contributed by atoms with Gasteiger partial charge in [-0.1, -0.05) is 0 Å². The quantitative estimate of drug-likeness (QED) is 0.815. The average molecular weight is 273 g/mol. The van der Waals surface area contributed by atoms with Crippen molar-refractivity contribution in [1.29, 1.82) is 0 Å². The second kappa shape index (κ2) is 3.97. The van der Waals surface area contributed by atoms with Gasteiger partial charge < -0.3 is 0 Å². The topological polar surface area (TPSA) is 60.7 Å². The van der Waals surface area contributed by atoms with Crippen molar-refractivity contribution in [2.45, 2.75) is 6.54 Å². The van der Waals surface area contributed by atoms with Gasteiger partial charge in [0.05, 0.1) is 36.5 Å². The van der Waals surface area contributed by atoms with Crippen LogP contribution in [0.15, 0.2) is 28.0 Å². The van der Waals surface area contributed by atoms with Gasteiger partial charge in [0.15, 0.2) is 0 Å². The molecule has 0 aliphatic heterocycles. The van der Waals surface area contributed by atoms with Crippen LogP contribution in [-0.2, 0) is 6.54 Å². The van der Waals surface area contributed by atoms with Crippen LogP contribution in [0.5, 0.6) is 0 Å². The molecular formula is C7H5BrN4OS. The van der Waals surface area contributed by atoms with Gasteiger partial charge in [-0.25, -0.2) is 4.98 Å². The minimum absolute atomic E-state index is 0.118. The van der Waals surface area contributed by atoms with Crippen molar-refractivity contribution in [3.63, 3.8) is 0 Å². The summed E-state index contributed by atoms with van der Waals surface area (Å²) in [5, 5.41) is 0. The maximum atomic E-state index is 11.5. The van der Waals surface area contributed by atoms with Gasteiger partial charge in [-0.3, -0.25) is 9.36 Å². The third kappa shape index (κ3) is 1.88. The molecule has 0 N–H and O–H groups in total. The summed E-state index contributed by atoms with van der Waals surface area (Å²) in [5.74, 6) is 0. The molecule has 14 heavy (non-hydrogen) atoms. The molecule has 2 aromatic rings. The van der Waals surface area contributed by atoms with Gasteiger partial charge in [0, 0.05) is 6.20 Å². The minimum atomic E-state index is -0.118. The first-order valence-corrected chi connectivity index (χ1v) is 5.26. The first kappa shape index (κ1) is 9.47. The van der Waals surface area contributed by atoms with E-state index < -0.39 is 0 Å². The van der Waals surface area contributed by atoms with Crippen LogP contribution in [0.1, 0.15) is 5.69 Å². The van der Waals surface area contributed by atoms with Crippen molar-refractivity contribution in [3.8, 4) is 0 Å². The largest absolute Gasteiger partial charge is 0.292 e. The van der Waals surface area contributed by atoms with E-state index in [4.69, 9.17) is 0 Å². The third-order valence-corrected chi connectivity index (χ3v) is 2.66. The van der Waals surface area contributed by atoms with Crippen molar-refractivity contribution in [3.05, 3.63) is 39.2 Å². The number of aromatic nitrogens is 4. The first-order valence-electron chi connectivity index (χ1n) is 3.74. The maximum absolute atomic E-state index is 11.5. The summed E-state index contributed by atoms with van der Waals surface area (Å²) in [6.07, 6.45) is 4.59. The molecule has 0 spiro atoms. The summed E-state index contributed by atoms with van der Waals surface area (Å²) in [5.41, 5.74) is 0.644. The highest BCUT2D eigenvalue weighted by molar-refractivity contribution is 9.10. The molecule has 0 saturated carbocycles. The monoisotopic (exact) mass is 272 g/mol. The van der Waals surface area contributed by atoms with E-state index >= 15 is 0 Å². The summed E-state index contributed by atoms with van der Waals surface area (Å²) < 4.78 is 9.78. The normalized spacial score (nSPS) is 10.4. The molecule has 2 rings (SSSR count). The Kier molecular flexibility index (Phi) is 2.69. The van der Waals surface area contributed by atoms with E-state index in [1.54, 1.807) is 6.20 Å². The van der Waals surface area contributed by atoms with Crippen LogP contribution < -0.4 is 5.56 Å². The van der Waals surface area contributed by atoms with E-state index in [0.717, 1.165) is 17.4 Å². The van der Waals surface area contributed by atoms with Gasteiger partial charge in [0.1, 0.15) is 4.47 Å². The van der Waals surface area contributed by atoms with Gasteiger partial charge in [-0.15, -0.1) is 0 Å². The lowest BCUT2D eigenvalue weighted by molar-refractivity contribution is 0.719. The van der Waals surface area contributed by atoms with E-state index in [-0.39, 0.29) is 5.56 Å². The molecule has 0 bridgehead atoms. The zero-order valence-electron chi connectivity index (χ0n) is 6.92. The Morgan fingerprint density at radius 2 is 2.36 bits per heavy atom. The van der Waals surface area contributed by atoms with Crippen LogP contribution in [-0.4, -0.2) is 18.3 Å². The Balaban J connectivity index is 2.34. The van der Waals surface area contributed by atoms with Gasteiger partial charge in [-0.05, 0) is 15.9 Å². The maximum Gasteiger partial charge on any atom is 0.267 e. The smallest absolute Gasteiger partial charge is 0.267 e. The van der Waals surface area contributed by atoms with Crippen molar-refractivity contribution in [2.24, 2.45) is 0 Å².